The van der Waals surface area contributed by atoms with Crippen molar-refractivity contribution >= 4 is 5.97 Å². The van der Waals surface area contributed by atoms with Gasteiger partial charge in [-0.1, -0.05) is 0 Å². The molecule has 1 aliphatic heterocycles. The number of carbonyl (C=O) groups is 1. The molecule has 19 heavy (non-hydrogen) atoms. The quantitative estimate of drug-likeness (QED) is 0.853. The maximum Gasteiger partial charge on any atom is 0.339 e. The molecule has 1 aliphatic carbocycles. The molecule has 6 heteroatoms. The lowest BCUT2D eigenvalue weighted by atomic mass is 10.2. The van der Waals surface area contributed by atoms with Gasteiger partial charge in [-0.3, -0.25) is 14.5 Å². The molecule has 0 aromatic carbocycles. The molecule has 0 radical (unpaired) electrons. The first kappa shape index (κ1) is 12.6. The van der Waals surface area contributed by atoms with Crippen molar-refractivity contribution in [2.45, 2.75) is 25.4 Å². The van der Waals surface area contributed by atoms with Gasteiger partial charge in [0.2, 0.25) is 0 Å². The van der Waals surface area contributed by atoms with Crippen LogP contribution in [0.5, 0.6) is 0 Å². The summed E-state index contributed by atoms with van der Waals surface area (Å²) in [6, 6.07) is 0.827. The average Bonchev–Trinajstić information content (AvgIpc) is 3.17. The van der Waals surface area contributed by atoms with E-state index in [0.717, 1.165) is 37.9 Å². The molecule has 0 spiro atoms. The minimum Gasteiger partial charge on any atom is -0.478 e. The molecule has 6 nitrogen and oxygen atoms in total. The van der Waals surface area contributed by atoms with Crippen LogP contribution >= 0.6 is 0 Å². The van der Waals surface area contributed by atoms with Crippen molar-refractivity contribution < 1.29 is 9.90 Å². The number of rotatable bonds is 4. The third-order valence-electron chi connectivity index (χ3n) is 4.14. The van der Waals surface area contributed by atoms with Crippen LogP contribution in [0, 0.1) is 0 Å². The minimum atomic E-state index is -0.889. The van der Waals surface area contributed by atoms with E-state index >= 15 is 0 Å². The van der Waals surface area contributed by atoms with Gasteiger partial charge in [0, 0.05) is 45.8 Å². The first-order valence-corrected chi connectivity index (χ1v) is 6.85. The number of hydrogen-bond donors (Lipinski definition) is 1. The number of hydrogen-bond acceptors (Lipinski definition) is 4. The van der Waals surface area contributed by atoms with Gasteiger partial charge in [0.15, 0.2) is 0 Å². The Kier molecular flexibility index (Phi) is 3.28. The Morgan fingerprint density at radius 2 is 2.05 bits per heavy atom. The predicted molar refractivity (Wildman–Crippen MR) is 70.0 cm³/mol. The third-order valence-corrected chi connectivity index (χ3v) is 4.14. The molecule has 0 amide bonds. The molecule has 1 saturated heterocycles. The smallest absolute Gasteiger partial charge is 0.339 e. The summed E-state index contributed by atoms with van der Waals surface area (Å²) < 4.78 is 1.68. The Morgan fingerprint density at radius 1 is 1.37 bits per heavy atom. The monoisotopic (exact) mass is 264 g/mol. The van der Waals surface area contributed by atoms with Gasteiger partial charge in [-0.05, 0) is 12.8 Å². The number of aromatic carboxylic acids is 1. The van der Waals surface area contributed by atoms with Crippen LogP contribution in [-0.4, -0.2) is 62.9 Å². The van der Waals surface area contributed by atoms with E-state index in [0.29, 0.717) is 12.1 Å². The minimum absolute atomic E-state index is 0.326. The van der Waals surface area contributed by atoms with Crippen LogP contribution in [-0.2, 0) is 13.6 Å². The zero-order valence-corrected chi connectivity index (χ0v) is 11.2. The maximum atomic E-state index is 11.1. The summed E-state index contributed by atoms with van der Waals surface area (Å²) in [5.74, 6) is -0.889. The Labute approximate surface area is 112 Å². The number of carboxylic acids is 1. The van der Waals surface area contributed by atoms with Crippen molar-refractivity contribution in [3.05, 3.63) is 17.5 Å². The van der Waals surface area contributed by atoms with E-state index in [1.807, 2.05) is 7.05 Å². The topological polar surface area (TPSA) is 61.6 Å². The molecule has 1 saturated carbocycles. The van der Waals surface area contributed by atoms with Crippen LogP contribution in [0.25, 0.3) is 0 Å². The molecule has 1 aromatic heterocycles. The maximum absolute atomic E-state index is 11.1. The lowest BCUT2D eigenvalue weighted by Gasteiger charge is -2.34. The Hall–Kier alpha value is -1.40. The second kappa shape index (κ2) is 4.94. The summed E-state index contributed by atoms with van der Waals surface area (Å²) in [6.45, 7) is 4.91. The summed E-state index contributed by atoms with van der Waals surface area (Å²) >= 11 is 0. The lowest BCUT2D eigenvalue weighted by Crippen LogP contribution is -2.46. The van der Waals surface area contributed by atoms with Gasteiger partial charge >= 0.3 is 5.97 Å². The lowest BCUT2D eigenvalue weighted by molar-refractivity contribution is 0.0692. The van der Waals surface area contributed by atoms with Crippen LogP contribution in [0.2, 0.25) is 0 Å². The van der Waals surface area contributed by atoms with E-state index < -0.39 is 5.97 Å². The molecule has 3 rings (SSSR count). The first-order chi connectivity index (χ1) is 9.15. The van der Waals surface area contributed by atoms with Crippen molar-refractivity contribution in [2.24, 2.45) is 7.05 Å². The SMILES string of the molecule is Cn1ncc(C(=O)O)c1CN1CCN(C2CC2)CC1. The first-order valence-electron chi connectivity index (χ1n) is 6.85. The molecule has 2 fully saturated rings. The predicted octanol–water partition coefficient (Wildman–Crippen LogP) is 0.398. The fraction of sp³-hybridized carbons (Fsp3) is 0.692. The number of piperazine rings is 1. The zero-order valence-electron chi connectivity index (χ0n) is 11.2. The summed E-state index contributed by atoms with van der Waals surface area (Å²) in [5, 5.41) is 13.2. The molecule has 104 valence electrons. The van der Waals surface area contributed by atoms with Crippen molar-refractivity contribution in [1.82, 2.24) is 19.6 Å². The molecular formula is C13H20N4O2. The Morgan fingerprint density at radius 3 is 2.63 bits per heavy atom. The highest BCUT2D eigenvalue weighted by atomic mass is 16.4. The highest BCUT2D eigenvalue weighted by Gasteiger charge is 2.31. The number of aryl methyl sites for hydroxylation is 1. The largest absolute Gasteiger partial charge is 0.478 e. The van der Waals surface area contributed by atoms with Crippen molar-refractivity contribution in [3.8, 4) is 0 Å². The molecule has 1 aromatic rings. The Bertz CT molecular complexity index is 473. The summed E-state index contributed by atoms with van der Waals surface area (Å²) in [5.41, 5.74) is 1.12. The summed E-state index contributed by atoms with van der Waals surface area (Å²) in [4.78, 5) is 16.0. The van der Waals surface area contributed by atoms with Gasteiger partial charge in [0.1, 0.15) is 5.56 Å². The Balaban J connectivity index is 1.62. The molecule has 0 unspecified atom stereocenters. The fourth-order valence-electron chi connectivity index (χ4n) is 2.77. The van der Waals surface area contributed by atoms with E-state index in [4.69, 9.17) is 5.11 Å². The summed E-state index contributed by atoms with van der Waals surface area (Å²) in [6.07, 6.45) is 4.15. The second-order valence-electron chi connectivity index (χ2n) is 5.48. The van der Waals surface area contributed by atoms with E-state index in [2.05, 4.69) is 14.9 Å². The highest BCUT2D eigenvalue weighted by molar-refractivity contribution is 5.88. The van der Waals surface area contributed by atoms with Gasteiger partial charge in [0.25, 0.3) is 0 Å². The zero-order chi connectivity index (χ0) is 13.4. The third kappa shape index (κ3) is 2.64. The fourth-order valence-corrected chi connectivity index (χ4v) is 2.77. The highest BCUT2D eigenvalue weighted by Crippen LogP contribution is 2.27. The van der Waals surface area contributed by atoms with E-state index in [1.165, 1.54) is 19.0 Å². The van der Waals surface area contributed by atoms with Crippen LogP contribution in [0.3, 0.4) is 0 Å². The van der Waals surface area contributed by atoms with Gasteiger partial charge in [-0.15, -0.1) is 0 Å². The molecule has 1 N–H and O–H groups in total. The van der Waals surface area contributed by atoms with Crippen molar-refractivity contribution in [1.29, 1.82) is 0 Å². The van der Waals surface area contributed by atoms with Gasteiger partial charge < -0.3 is 5.11 Å². The average molecular weight is 264 g/mol. The van der Waals surface area contributed by atoms with Crippen LogP contribution < -0.4 is 0 Å². The molecule has 2 aliphatic rings. The van der Waals surface area contributed by atoms with Gasteiger partial charge in [-0.25, -0.2) is 4.79 Å². The van der Waals surface area contributed by atoms with Gasteiger partial charge in [0.05, 0.1) is 11.9 Å². The van der Waals surface area contributed by atoms with Crippen LogP contribution in [0.4, 0.5) is 0 Å². The van der Waals surface area contributed by atoms with Crippen LogP contribution in [0.1, 0.15) is 28.9 Å². The standard InChI is InChI=1S/C13H20N4O2/c1-15-12(11(8-14-15)13(18)19)9-16-4-6-17(7-5-16)10-2-3-10/h8,10H,2-7,9H2,1H3,(H,18,19). The van der Waals surface area contributed by atoms with E-state index in [1.54, 1.807) is 4.68 Å². The number of nitrogens with zero attached hydrogens (tertiary/aromatic N) is 4. The van der Waals surface area contributed by atoms with Gasteiger partial charge in [-0.2, -0.15) is 5.10 Å². The molecule has 0 bridgehead atoms. The van der Waals surface area contributed by atoms with E-state index in [-0.39, 0.29) is 0 Å². The van der Waals surface area contributed by atoms with Crippen LogP contribution in [0.15, 0.2) is 6.20 Å². The van der Waals surface area contributed by atoms with E-state index in [9.17, 15) is 4.79 Å². The van der Waals surface area contributed by atoms with Crippen molar-refractivity contribution in [2.75, 3.05) is 26.2 Å². The molecular weight excluding hydrogens is 244 g/mol. The molecule has 0 atom stereocenters. The number of carboxylic acid groups (broad SMARTS) is 1. The normalized spacial score (nSPS) is 21.7. The second-order valence-corrected chi connectivity index (χ2v) is 5.48. The molecule has 2 heterocycles. The van der Waals surface area contributed by atoms with Crippen molar-refractivity contribution in [3.63, 3.8) is 0 Å². The summed E-state index contributed by atoms with van der Waals surface area (Å²) in [7, 11) is 1.81. The number of aromatic nitrogens is 2.